The van der Waals surface area contributed by atoms with Crippen molar-refractivity contribution in [2.24, 2.45) is 5.92 Å². The Hall–Kier alpha value is -1.95. The molecule has 1 aromatic carbocycles. The fourth-order valence-electron chi connectivity index (χ4n) is 4.40. The van der Waals surface area contributed by atoms with Crippen LogP contribution in [0, 0.1) is 26.7 Å². The number of thiophene rings is 1. The Morgan fingerprint density at radius 2 is 1.89 bits per heavy atom. The minimum Gasteiger partial charge on any atom is -0.367 e. The molecule has 1 saturated carbocycles. The third-order valence-electron chi connectivity index (χ3n) is 5.79. The summed E-state index contributed by atoms with van der Waals surface area (Å²) in [4.78, 5) is 17.5. The molecule has 1 aliphatic heterocycles. The molecule has 6 heteroatoms. The van der Waals surface area contributed by atoms with Crippen molar-refractivity contribution in [2.45, 2.75) is 58.9 Å². The second-order valence-electron chi connectivity index (χ2n) is 8.31. The molecule has 0 bridgehead atoms. The van der Waals surface area contributed by atoms with E-state index >= 15 is 0 Å². The topological polar surface area (TPSA) is 32.3 Å². The number of nitrogens with one attached hydrogen (secondary N) is 1. The van der Waals surface area contributed by atoms with Gasteiger partial charge in [0.2, 0.25) is 11.8 Å². The van der Waals surface area contributed by atoms with Gasteiger partial charge in [0, 0.05) is 53.5 Å². The minimum atomic E-state index is -2.58. The third kappa shape index (κ3) is 3.93. The zero-order valence-electron chi connectivity index (χ0n) is 16.6. The van der Waals surface area contributed by atoms with E-state index in [-0.39, 0.29) is 31.1 Å². The highest BCUT2D eigenvalue weighted by Gasteiger charge is 2.45. The zero-order valence-corrected chi connectivity index (χ0v) is 17.4. The molecule has 150 valence electrons. The first-order valence-electron chi connectivity index (χ1n) is 9.82. The van der Waals surface area contributed by atoms with Gasteiger partial charge in [0.1, 0.15) is 0 Å². The Bertz CT molecular complexity index is 890. The fraction of sp³-hybridized carbons (Fsp3) is 0.500. The smallest absolute Gasteiger partial charge is 0.248 e. The number of benzene rings is 1. The zero-order chi connectivity index (χ0) is 20.1. The Morgan fingerprint density at radius 3 is 2.54 bits per heavy atom. The Kier molecular flexibility index (Phi) is 4.94. The molecular formula is C22H26F2N2OS. The number of rotatable bonds is 4. The number of carbonyl (C=O) groups is 1. The van der Waals surface area contributed by atoms with Crippen molar-refractivity contribution in [3.63, 3.8) is 0 Å². The van der Waals surface area contributed by atoms with Gasteiger partial charge in [0.05, 0.1) is 0 Å². The van der Waals surface area contributed by atoms with Crippen molar-refractivity contribution < 1.29 is 13.6 Å². The summed E-state index contributed by atoms with van der Waals surface area (Å²) in [7, 11) is 0. The van der Waals surface area contributed by atoms with Crippen LogP contribution < -0.4 is 10.2 Å². The summed E-state index contributed by atoms with van der Waals surface area (Å²) in [5, 5.41) is 2.95. The van der Waals surface area contributed by atoms with E-state index in [9.17, 15) is 13.6 Å². The number of hydrogen-bond donors (Lipinski definition) is 1. The number of halogens is 2. The van der Waals surface area contributed by atoms with Crippen molar-refractivity contribution in [3.05, 3.63) is 44.6 Å². The summed E-state index contributed by atoms with van der Waals surface area (Å²) >= 11 is 1.89. The van der Waals surface area contributed by atoms with Gasteiger partial charge >= 0.3 is 0 Å². The van der Waals surface area contributed by atoms with Crippen LogP contribution in [0.5, 0.6) is 0 Å². The summed E-state index contributed by atoms with van der Waals surface area (Å²) in [6.45, 7) is 8.05. The van der Waals surface area contributed by atoms with Crippen LogP contribution in [0.2, 0.25) is 0 Å². The number of carbonyl (C=O) groups excluding carboxylic acids is 1. The van der Waals surface area contributed by atoms with E-state index < -0.39 is 5.92 Å². The lowest BCUT2D eigenvalue weighted by molar-refractivity contribution is -0.129. The second kappa shape index (κ2) is 7.14. The molecule has 2 aliphatic rings. The number of nitrogens with zero attached hydrogens (tertiary/aromatic N) is 1. The van der Waals surface area contributed by atoms with E-state index in [1.807, 2.05) is 25.2 Å². The normalized spacial score (nSPS) is 18.5. The molecule has 2 aromatic rings. The largest absolute Gasteiger partial charge is 0.367 e. The van der Waals surface area contributed by atoms with Crippen LogP contribution in [0.3, 0.4) is 0 Å². The molecule has 0 unspecified atom stereocenters. The quantitative estimate of drug-likeness (QED) is 0.718. The molecule has 2 heterocycles. The molecule has 0 spiro atoms. The number of aryl methyl sites for hydroxylation is 3. The molecule has 4 rings (SSSR count). The van der Waals surface area contributed by atoms with Gasteiger partial charge in [0.25, 0.3) is 0 Å². The lowest BCUT2D eigenvalue weighted by Gasteiger charge is -2.34. The lowest BCUT2D eigenvalue weighted by Crippen LogP contribution is -2.37. The van der Waals surface area contributed by atoms with E-state index in [0.29, 0.717) is 0 Å². The summed E-state index contributed by atoms with van der Waals surface area (Å²) in [6, 6.07) is 6.51. The van der Waals surface area contributed by atoms with Gasteiger partial charge in [-0.1, -0.05) is 0 Å². The van der Waals surface area contributed by atoms with Crippen molar-refractivity contribution in [2.75, 3.05) is 16.8 Å². The van der Waals surface area contributed by atoms with Crippen molar-refractivity contribution >= 4 is 28.6 Å². The summed E-state index contributed by atoms with van der Waals surface area (Å²) < 4.78 is 25.9. The molecule has 1 N–H and O–H groups in total. The van der Waals surface area contributed by atoms with Gasteiger partial charge in [0.15, 0.2) is 0 Å². The molecule has 1 fully saturated rings. The summed E-state index contributed by atoms with van der Waals surface area (Å²) in [5.41, 5.74) is 5.41. The molecule has 0 radical (unpaired) electrons. The van der Waals surface area contributed by atoms with Crippen LogP contribution in [-0.4, -0.2) is 18.4 Å². The van der Waals surface area contributed by atoms with Gasteiger partial charge in [-0.2, -0.15) is 0 Å². The number of hydrogen-bond acceptors (Lipinski definition) is 3. The number of anilines is 2. The predicted molar refractivity (Wildman–Crippen MR) is 111 cm³/mol. The highest BCUT2D eigenvalue weighted by molar-refractivity contribution is 7.12. The van der Waals surface area contributed by atoms with E-state index in [4.69, 9.17) is 0 Å². The summed E-state index contributed by atoms with van der Waals surface area (Å²) in [5.74, 6) is -2.95. The van der Waals surface area contributed by atoms with Gasteiger partial charge in [-0.25, -0.2) is 8.78 Å². The van der Waals surface area contributed by atoms with Crippen LogP contribution in [0.25, 0.3) is 0 Å². The fourth-order valence-corrected chi connectivity index (χ4v) is 5.44. The monoisotopic (exact) mass is 404 g/mol. The lowest BCUT2D eigenvalue weighted by atomic mass is 9.79. The Balaban J connectivity index is 1.44. The first-order chi connectivity index (χ1) is 13.2. The Morgan fingerprint density at radius 1 is 1.21 bits per heavy atom. The summed E-state index contributed by atoms with van der Waals surface area (Å²) in [6.07, 6.45) is 0.895. The highest BCUT2D eigenvalue weighted by Crippen LogP contribution is 2.44. The van der Waals surface area contributed by atoms with Crippen LogP contribution in [-0.2, 0) is 17.8 Å². The number of fused-ring (bicyclic) bond motifs is 1. The first kappa shape index (κ1) is 19.4. The number of amides is 1. The SMILES string of the molecule is Cc1cc2c(s1)CCN(c1cc(C)c(NC(=O)CC3CC(F)(F)C3)c(C)c1)C2. The van der Waals surface area contributed by atoms with Crippen molar-refractivity contribution in [1.82, 2.24) is 0 Å². The average Bonchev–Trinajstić information content (AvgIpc) is 2.95. The molecule has 0 atom stereocenters. The average molecular weight is 405 g/mol. The van der Waals surface area contributed by atoms with Crippen LogP contribution in [0.15, 0.2) is 18.2 Å². The number of alkyl halides is 2. The van der Waals surface area contributed by atoms with Crippen LogP contribution in [0.1, 0.15) is 45.7 Å². The van der Waals surface area contributed by atoms with Gasteiger partial charge in [-0.15, -0.1) is 11.3 Å². The molecule has 28 heavy (non-hydrogen) atoms. The minimum absolute atomic E-state index is 0.169. The molecule has 1 aromatic heterocycles. The van der Waals surface area contributed by atoms with Gasteiger partial charge < -0.3 is 10.2 Å². The first-order valence-corrected chi connectivity index (χ1v) is 10.6. The van der Waals surface area contributed by atoms with Crippen molar-refractivity contribution in [1.29, 1.82) is 0 Å². The van der Waals surface area contributed by atoms with Crippen LogP contribution in [0.4, 0.5) is 20.2 Å². The van der Waals surface area contributed by atoms with Crippen molar-refractivity contribution in [3.8, 4) is 0 Å². The second-order valence-corrected chi connectivity index (χ2v) is 9.65. The maximum atomic E-state index is 13.0. The van der Waals surface area contributed by atoms with E-state index in [2.05, 4.69) is 35.3 Å². The van der Waals surface area contributed by atoms with E-state index in [1.165, 1.54) is 21.0 Å². The molecule has 0 saturated heterocycles. The van der Waals surface area contributed by atoms with Crippen LogP contribution >= 0.6 is 11.3 Å². The predicted octanol–water partition coefficient (Wildman–Crippen LogP) is 5.61. The Labute approximate surface area is 168 Å². The molecular weight excluding hydrogens is 378 g/mol. The molecule has 3 nitrogen and oxygen atoms in total. The van der Waals surface area contributed by atoms with Gasteiger partial charge in [-0.3, -0.25) is 4.79 Å². The standard InChI is InChI=1S/C22H26F2N2OS/c1-13-6-18(26-5-4-19-17(12-26)8-15(3)28-19)7-14(2)21(13)25-20(27)9-16-10-22(23,24)11-16/h6-8,16H,4-5,9-12H2,1-3H3,(H,25,27). The third-order valence-corrected chi connectivity index (χ3v) is 6.94. The molecule has 1 amide bonds. The van der Waals surface area contributed by atoms with E-state index in [0.717, 1.165) is 36.3 Å². The maximum Gasteiger partial charge on any atom is 0.248 e. The van der Waals surface area contributed by atoms with E-state index in [1.54, 1.807) is 0 Å². The molecule has 1 aliphatic carbocycles. The highest BCUT2D eigenvalue weighted by atomic mass is 32.1. The van der Waals surface area contributed by atoms with Gasteiger partial charge in [-0.05, 0) is 68.0 Å². The maximum absolute atomic E-state index is 13.0.